The van der Waals surface area contributed by atoms with Crippen LogP contribution in [-0.2, 0) is 14.4 Å². The lowest BCUT2D eigenvalue weighted by Gasteiger charge is -2.49. The van der Waals surface area contributed by atoms with Gasteiger partial charge >= 0.3 is 0 Å². The van der Waals surface area contributed by atoms with E-state index < -0.39 is 29.4 Å². The second kappa shape index (κ2) is 4.68. The topological polar surface area (TPSA) is 101 Å². The number of primary amides is 1. The summed E-state index contributed by atoms with van der Waals surface area (Å²) in [5.41, 5.74) is 3.66. The minimum atomic E-state index is -1.58. The number of carbonyl (C=O) groups is 3. The van der Waals surface area contributed by atoms with Crippen molar-refractivity contribution < 1.29 is 19.5 Å². The first-order valence-electron chi connectivity index (χ1n) is 6.54. The van der Waals surface area contributed by atoms with Crippen molar-refractivity contribution in [1.82, 2.24) is 4.90 Å². The molecule has 0 heterocycles. The number of nitrogens with zero attached hydrogens (tertiary/aromatic N) is 1. The van der Waals surface area contributed by atoms with Crippen molar-refractivity contribution in [1.29, 1.82) is 0 Å². The molecule has 0 aromatic carbocycles. The van der Waals surface area contributed by atoms with Gasteiger partial charge in [-0.15, -0.1) is 0 Å². The molecule has 3 unspecified atom stereocenters. The lowest BCUT2D eigenvalue weighted by Crippen LogP contribution is -2.65. The van der Waals surface area contributed by atoms with Gasteiger partial charge in [-0.2, -0.15) is 0 Å². The molecule has 2 rings (SSSR count). The molecule has 0 aromatic rings. The van der Waals surface area contributed by atoms with E-state index in [1.807, 2.05) is 0 Å². The Morgan fingerprint density at radius 3 is 2.58 bits per heavy atom. The number of carbonyl (C=O) groups excluding carboxylic acids is 3. The number of likely N-dealkylation sites (N-methyl/N-ethyl adjacent to an activating group) is 1. The van der Waals surface area contributed by atoms with Crippen LogP contribution in [0.15, 0.2) is 0 Å². The van der Waals surface area contributed by atoms with Crippen LogP contribution < -0.4 is 5.73 Å². The highest BCUT2D eigenvalue weighted by molar-refractivity contribution is 6.06. The van der Waals surface area contributed by atoms with E-state index in [1.165, 1.54) is 0 Å². The smallest absolute Gasteiger partial charge is 0.228 e. The van der Waals surface area contributed by atoms with Crippen molar-refractivity contribution in [3.8, 4) is 0 Å². The molecule has 4 atom stereocenters. The summed E-state index contributed by atoms with van der Waals surface area (Å²) in [6.07, 6.45) is 1.43. The van der Waals surface area contributed by atoms with Crippen molar-refractivity contribution in [2.75, 3.05) is 14.1 Å². The number of aliphatic hydroxyl groups is 1. The van der Waals surface area contributed by atoms with Crippen molar-refractivity contribution in [3.05, 3.63) is 0 Å². The number of hydrogen-bond acceptors (Lipinski definition) is 5. The minimum absolute atomic E-state index is 0.158. The van der Waals surface area contributed by atoms with Crippen LogP contribution >= 0.6 is 0 Å². The Hall–Kier alpha value is -1.27. The van der Waals surface area contributed by atoms with Gasteiger partial charge in [-0.1, -0.05) is 0 Å². The van der Waals surface area contributed by atoms with Gasteiger partial charge < -0.3 is 10.8 Å². The molecule has 1 amide bonds. The molecule has 0 aromatic heterocycles. The van der Waals surface area contributed by atoms with Gasteiger partial charge in [0.15, 0.2) is 11.6 Å². The van der Waals surface area contributed by atoms with E-state index >= 15 is 0 Å². The van der Waals surface area contributed by atoms with Crippen LogP contribution in [0.1, 0.15) is 25.7 Å². The molecule has 6 nitrogen and oxygen atoms in total. The third-order valence-electron chi connectivity index (χ3n) is 4.45. The largest absolute Gasteiger partial charge is 0.382 e. The Labute approximate surface area is 111 Å². The minimum Gasteiger partial charge on any atom is -0.382 e. The standard InChI is InChI=1S/C13H20N2O4/c1-15(2)10-8-4-3-5-9(16)13(8,19)6-7(11(10)17)12(14)18/h7-8,10,19H,3-6H2,1-2H3,(H2,14,18)/t7?,8?,10?,13-/m0/s1. The first-order valence-corrected chi connectivity index (χ1v) is 6.54. The molecule has 2 aliphatic carbocycles. The maximum atomic E-state index is 12.3. The van der Waals surface area contributed by atoms with Crippen LogP contribution in [0, 0.1) is 11.8 Å². The van der Waals surface area contributed by atoms with E-state index in [9.17, 15) is 19.5 Å². The van der Waals surface area contributed by atoms with E-state index in [2.05, 4.69) is 0 Å². The van der Waals surface area contributed by atoms with Gasteiger partial charge in [0.05, 0.1) is 6.04 Å². The lowest BCUT2D eigenvalue weighted by atomic mass is 9.60. The average molecular weight is 268 g/mol. The lowest BCUT2D eigenvalue weighted by molar-refractivity contribution is -0.170. The molecule has 106 valence electrons. The monoisotopic (exact) mass is 268 g/mol. The molecule has 2 aliphatic rings. The average Bonchev–Trinajstić information content (AvgIpc) is 2.30. The van der Waals surface area contributed by atoms with Crippen LogP contribution in [-0.4, -0.2) is 53.2 Å². The van der Waals surface area contributed by atoms with Crippen molar-refractivity contribution in [3.63, 3.8) is 0 Å². The molecule has 2 fully saturated rings. The summed E-state index contributed by atoms with van der Waals surface area (Å²) in [4.78, 5) is 37.5. The van der Waals surface area contributed by atoms with Gasteiger partial charge in [-0.25, -0.2) is 0 Å². The predicted molar refractivity (Wildman–Crippen MR) is 67.1 cm³/mol. The van der Waals surface area contributed by atoms with Crippen LogP contribution in [0.2, 0.25) is 0 Å². The number of fused-ring (bicyclic) bond motifs is 1. The Bertz CT molecular complexity index is 434. The summed E-state index contributed by atoms with van der Waals surface area (Å²) in [7, 11) is 3.43. The summed E-state index contributed by atoms with van der Waals surface area (Å²) in [5, 5.41) is 10.7. The van der Waals surface area contributed by atoms with Crippen LogP contribution in [0.3, 0.4) is 0 Å². The number of Topliss-reactive ketones (excluding diaryl/α,β-unsaturated/α-hetero) is 2. The predicted octanol–water partition coefficient (Wildman–Crippen LogP) is -0.909. The fraction of sp³-hybridized carbons (Fsp3) is 0.769. The molecule has 0 spiro atoms. The van der Waals surface area contributed by atoms with Crippen LogP contribution in [0.5, 0.6) is 0 Å². The molecule has 0 radical (unpaired) electrons. The van der Waals surface area contributed by atoms with Crippen molar-refractivity contribution in [2.24, 2.45) is 17.6 Å². The SMILES string of the molecule is CN(C)C1C(=O)C(C(N)=O)C[C@@]2(O)C(=O)CCCC12. The molecule has 2 saturated carbocycles. The van der Waals surface area contributed by atoms with Gasteiger partial charge in [0, 0.05) is 18.8 Å². The van der Waals surface area contributed by atoms with Gasteiger partial charge in [-0.3, -0.25) is 19.3 Å². The highest BCUT2D eigenvalue weighted by atomic mass is 16.3. The molecule has 0 aliphatic heterocycles. The highest BCUT2D eigenvalue weighted by Crippen LogP contribution is 2.44. The summed E-state index contributed by atoms with van der Waals surface area (Å²) in [5.74, 6) is -2.82. The molecule has 0 bridgehead atoms. The number of hydrogen-bond donors (Lipinski definition) is 2. The Morgan fingerprint density at radius 1 is 1.42 bits per heavy atom. The maximum Gasteiger partial charge on any atom is 0.228 e. The van der Waals surface area contributed by atoms with Gasteiger partial charge in [0.25, 0.3) is 0 Å². The molecular weight excluding hydrogens is 248 g/mol. The number of rotatable bonds is 2. The van der Waals surface area contributed by atoms with E-state index in [4.69, 9.17) is 5.73 Å². The summed E-state index contributed by atoms with van der Waals surface area (Å²) in [6.45, 7) is 0. The zero-order valence-corrected chi connectivity index (χ0v) is 11.3. The van der Waals surface area contributed by atoms with Crippen molar-refractivity contribution in [2.45, 2.75) is 37.3 Å². The van der Waals surface area contributed by atoms with E-state index in [0.717, 1.165) is 0 Å². The number of nitrogens with two attached hydrogens (primary N) is 1. The molecule has 0 saturated heterocycles. The van der Waals surface area contributed by atoms with E-state index in [0.29, 0.717) is 19.3 Å². The van der Waals surface area contributed by atoms with Crippen LogP contribution in [0.4, 0.5) is 0 Å². The first-order chi connectivity index (χ1) is 8.79. The van der Waals surface area contributed by atoms with Gasteiger partial charge in [0.1, 0.15) is 11.5 Å². The Morgan fingerprint density at radius 2 is 2.05 bits per heavy atom. The number of ketones is 2. The van der Waals surface area contributed by atoms with Gasteiger partial charge in [-0.05, 0) is 26.9 Å². The molecule has 6 heteroatoms. The second-order valence-corrected chi connectivity index (χ2v) is 5.82. The molecule has 3 N–H and O–H groups in total. The zero-order chi connectivity index (χ0) is 14.4. The summed E-state index contributed by atoms with van der Waals surface area (Å²) in [6, 6.07) is -0.625. The molecule has 19 heavy (non-hydrogen) atoms. The quantitative estimate of drug-likeness (QED) is 0.631. The fourth-order valence-corrected chi connectivity index (χ4v) is 3.50. The normalized spacial score (nSPS) is 39.3. The summed E-state index contributed by atoms with van der Waals surface area (Å²) < 4.78 is 0. The Balaban J connectivity index is 2.44. The zero-order valence-electron chi connectivity index (χ0n) is 11.3. The molecular formula is C13H20N2O4. The van der Waals surface area contributed by atoms with Gasteiger partial charge in [0.2, 0.25) is 5.91 Å². The third kappa shape index (κ3) is 2.08. The van der Waals surface area contributed by atoms with E-state index in [1.54, 1.807) is 19.0 Å². The first kappa shape index (κ1) is 14.1. The highest BCUT2D eigenvalue weighted by Gasteiger charge is 2.58. The Kier molecular flexibility index (Phi) is 3.49. The number of amides is 1. The maximum absolute atomic E-state index is 12.3. The second-order valence-electron chi connectivity index (χ2n) is 5.82. The van der Waals surface area contributed by atoms with E-state index in [-0.39, 0.29) is 18.0 Å². The third-order valence-corrected chi connectivity index (χ3v) is 4.45. The van der Waals surface area contributed by atoms with Crippen molar-refractivity contribution >= 4 is 17.5 Å². The van der Waals surface area contributed by atoms with Crippen LogP contribution in [0.25, 0.3) is 0 Å². The fourth-order valence-electron chi connectivity index (χ4n) is 3.50. The summed E-state index contributed by atoms with van der Waals surface area (Å²) >= 11 is 0.